The van der Waals surface area contributed by atoms with Crippen LogP contribution >= 0.6 is 34.3 Å². The van der Waals surface area contributed by atoms with Crippen molar-refractivity contribution < 1.29 is 13.2 Å². The number of carbonyl (C=O) groups is 1. The second-order valence-electron chi connectivity index (χ2n) is 7.11. The van der Waals surface area contributed by atoms with Gasteiger partial charge in [0.05, 0.1) is 11.4 Å². The Morgan fingerprint density at radius 3 is 2.70 bits per heavy atom. The van der Waals surface area contributed by atoms with Crippen molar-refractivity contribution in [1.29, 1.82) is 0 Å². The zero-order chi connectivity index (χ0) is 21.5. The molecule has 1 saturated heterocycles. The largest absolute Gasteiger partial charge is 0.338 e. The summed E-state index contributed by atoms with van der Waals surface area (Å²) in [6, 6.07) is 6.68. The summed E-state index contributed by atoms with van der Waals surface area (Å²) in [6.07, 6.45) is 2.06. The maximum absolute atomic E-state index is 12.8. The van der Waals surface area contributed by atoms with Gasteiger partial charge >= 0.3 is 0 Å². The molecule has 1 aromatic carbocycles. The van der Waals surface area contributed by atoms with Crippen LogP contribution in [0.25, 0.3) is 10.6 Å². The van der Waals surface area contributed by atoms with E-state index in [1.165, 1.54) is 11.3 Å². The van der Waals surface area contributed by atoms with Crippen molar-refractivity contribution in [3.05, 3.63) is 50.8 Å². The van der Waals surface area contributed by atoms with Crippen LogP contribution in [-0.2, 0) is 10.0 Å². The summed E-state index contributed by atoms with van der Waals surface area (Å²) in [5, 5.41) is 2.89. The number of hydrogen-bond donors (Lipinski definition) is 1. The Hall–Kier alpha value is -1.94. The maximum Gasteiger partial charge on any atom is 0.271 e. The number of nitrogens with zero attached hydrogens (tertiary/aromatic N) is 2. The monoisotopic (exact) mass is 481 g/mol. The molecule has 2 aromatic heterocycles. The second-order valence-corrected chi connectivity index (χ2v) is 11.3. The Bertz CT molecular complexity index is 1210. The van der Waals surface area contributed by atoms with Crippen LogP contribution in [0.4, 0.5) is 5.69 Å². The third kappa shape index (κ3) is 4.12. The molecule has 1 aliphatic heterocycles. The van der Waals surface area contributed by atoms with Crippen LogP contribution in [0.5, 0.6) is 0 Å². The van der Waals surface area contributed by atoms with Gasteiger partial charge in [-0.2, -0.15) is 0 Å². The van der Waals surface area contributed by atoms with Gasteiger partial charge in [0.2, 0.25) is 0 Å². The first kappa shape index (κ1) is 21.3. The number of nitrogens with one attached hydrogen (secondary N) is 1. The predicted octanol–water partition coefficient (Wildman–Crippen LogP) is 5.18. The first-order valence-corrected chi connectivity index (χ1v) is 13.0. The minimum Gasteiger partial charge on any atom is -0.338 e. The van der Waals surface area contributed by atoms with Crippen molar-refractivity contribution in [3.63, 3.8) is 0 Å². The molecule has 0 bridgehead atoms. The van der Waals surface area contributed by atoms with Crippen LogP contribution in [-0.4, -0.2) is 37.3 Å². The summed E-state index contributed by atoms with van der Waals surface area (Å²) in [5.41, 5.74) is 2.48. The van der Waals surface area contributed by atoms with Crippen LogP contribution in [0.3, 0.4) is 0 Å². The highest BCUT2D eigenvalue weighted by molar-refractivity contribution is 7.94. The molecule has 3 heterocycles. The van der Waals surface area contributed by atoms with Crippen LogP contribution < -0.4 is 4.72 Å². The van der Waals surface area contributed by atoms with E-state index in [1.54, 1.807) is 36.6 Å². The van der Waals surface area contributed by atoms with Crippen molar-refractivity contribution in [1.82, 2.24) is 9.88 Å². The summed E-state index contributed by atoms with van der Waals surface area (Å²) >= 11 is 8.52. The highest BCUT2D eigenvalue weighted by Gasteiger charge is 2.25. The lowest BCUT2D eigenvalue weighted by Gasteiger charge is -2.13. The van der Waals surface area contributed by atoms with Gasteiger partial charge in [-0.15, -0.1) is 22.7 Å². The molecular formula is C20H20ClN3O3S3. The molecule has 1 amide bonds. The molecule has 0 radical (unpaired) electrons. The topological polar surface area (TPSA) is 79.4 Å². The maximum atomic E-state index is 12.8. The highest BCUT2D eigenvalue weighted by Crippen LogP contribution is 2.35. The standard InChI is InChI=1S/C20H20ClN3O3S3/c1-12-15(21)6-5-7-16(12)23-30(26,27)17-10-14(11-28-17)19-22-13(2)18(29-19)20(25)24-8-3-4-9-24/h5-7,10-11,23H,3-4,8-9H2,1-2H3. The Balaban J connectivity index is 1.59. The minimum absolute atomic E-state index is 0.00919. The molecule has 3 aromatic rings. The number of aromatic nitrogens is 1. The number of sulfonamides is 1. The average Bonchev–Trinajstić information content (AvgIpc) is 3.44. The Labute approximate surface area is 188 Å². The number of benzene rings is 1. The zero-order valence-electron chi connectivity index (χ0n) is 16.4. The molecule has 6 nitrogen and oxygen atoms in total. The van der Waals surface area contributed by atoms with Gasteiger partial charge in [-0.1, -0.05) is 17.7 Å². The third-order valence-corrected chi connectivity index (χ3v) is 9.39. The van der Waals surface area contributed by atoms with E-state index in [-0.39, 0.29) is 10.1 Å². The summed E-state index contributed by atoms with van der Waals surface area (Å²) in [6.45, 7) is 5.13. The number of halogens is 1. The molecular weight excluding hydrogens is 462 g/mol. The lowest BCUT2D eigenvalue weighted by Crippen LogP contribution is -2.27. The molecule has 1 N–H and O–H groups in total. The van der Waals surface area contributed by atoms with Gasteiger partial charge < -0.3 is 4.90 Å². The lowest BCUT2D eigenvalue weighted by atomic mass is 10.2. The molecule has 0 unspecified atom stereocenters. The summed E-state index contributed by atoms with van der Waals surface area (Å²) < 4.78 is 28.5. The number of carbonyl (C=O) groups excluding carboxylic acids is 1. The molecule has 1 fully saturated rings. The number of anilines is 1. The van der Waals surface area contributed by atoms with E-state index in [0.717, 1.165) is 37.3 Å². The number of thiophene rings is 1. The zero-order valence-corrected chi connectivity index (χ0v) is 19.6. The molecule has 0 aliphatic carbocycles. The van der Waals surface area contributed by atoms with Gasteiger partial charge in [0.25, 0.3) is 15.9 Å². The van der Waals surface area contributed by atoms with Crippen molar-refractivity contribution in [3.8, 4) is 10.6 Å². The fourth-order valence-corrected chi connectivity index (χ4v) is 6.82. The summed E-state index contributed by atoms with van der Waals surface area (Å²) in [5.74, 6) is 0.00919. The molecule has 0 atom stereocenters. The second kappa shape index (κ2) is 8.30. The van der Waals surface area contributed by atoms with E-state index in [1.807, 2.05) is 11.8 Å². The number of amides is 1. The SMILES string of the molecule is Cc1nc(-c2csc(S(=O)(=O)Nc3cccc(Cl)c3C)c2)sc1C(=O)N1CCCC1. The Kier molecular flexibility index (Phi) is 5.89. The predicted molar refractivity (Wildman–Crippen MR) is 122 cm³/mol. The van der Waals surface area contributed by atoms with E-state index in [2.05, 4.69) is 9.71 Å². The van der Waals surface area contributed by atoms with Gasteiger partial charge in [-0.05, 0) is 50.5 Å². The van der Waals surface area contributed by atoms with Gasteiger partial charge in [0.15, 0.2) is 0 Å². The minimum atomic E-state index is -3.76. The number of thiazole rings is 1. The molecule has 4 rings (SSSR count). The quantitative estimate of drug-likeness (QED) is 0.544. The first-order chi connectivity index (χ1) is 14.3. The van der Waals surface area contributed by atoms with Crippen LogP contribution in [0.15, 0.2) is 33.9 Å². The Morgan fingerprint density at radius 1 is 1.23 bits per heavy atom. The van der Waals surface area contributed by atoms with Gasteiger partial charge in [0, 0.05) is 29.1 Å². The molecule has 0 spiro atoms. The number of aryl methyl sites for hydroxylation is 1. The normalized spacial score (nSPS) is 14.3. The van der Waals surface area contributed by atoms with Gasteiger partial charge in [-0.3, -0.25) is 9.52 Å². The number of likely N-dealkylation sites (tertiary alicyclic amines) is 1. The van der Waals surface area contributed by atoms with E-state index < -0.39 is 10.0 Å². The highest BCUT2D eigenvalue weighted by atomic mass is 35.5. The van der Waals surface area contributed by atoms with Crippen molar-refractivity contribution in [2.45, 2.75) is 30.9 Å². The third-order valence-electron chi connectivity index (χ3n) is 4.98. The van der Waals surface area contributed by atoms with Crippen LogP contribution in [0, 0.1) is 13.8 Å². The molecule has 1 aliphatic rings. The van der Waals surface area contributed by atoms with Gasteiger partial charge in [-0.25, -0.2) is 13.4 Å². The first-order valence-electron chi connectivity index (χ1n) is 9.40. The fourth-order valence-electron chi connectivity index (χ4n) is 3.26. The molecule has 10 heteroatoms. The number of hydrogen-bond acceptors (Lipinski definition) is 6. The van der Waals surface area contributed by atoms with Crippen LogP contribution in [0.1, 0.15) is 33.8 Å². The van der Waals surface area contributed by atoms with E-state index >= 15 is 0 Å². The van der Waals surface area contributed by atoms with Gasteiger partial charge in [0.1, 0.15) is 14.1 Å². The smallest absolute Gasteiger partial charge is 0.271 e. The molecule has 158 valence electrons. The van der Waals surface area contributed by atoms with E-state index in [0.29, 0.717) is 37.4 Å². The average molecular weight is 482 g/mol. The fraction of sp³-hybridized carbons (Fsp3) is 0.300. The summed E-state index contributed by atoms with van der Waals surface area (Å²) in [4.78, 5) is 19.7. The molecule has 30 heavy (non-hydrogen) atoms. The molecule has 0 saturated carbocycles. The van der Waals surface area contributed by atoms with E-state index in [9.17, 15) is 13.2 Å². The van der Waals surface area contributed by atoms with Crippen LogP contribution in [0.2, 0.25) is 5.02 Å². The van der Waals surface area contributed by atoms with Crippen molar-refractivity contribution in [2.24, 2.45) is 0 Å². The summed E-state index contributed by atoms with van der Waals surface area (Å²) in [7, 11) is -3.76. The lowest BCUT2D eigenvalue weighted by molar-refractivity contribution is 0.0796. The number of rotatable bonds is 5. The Morgan fingerprint density at radius 2 is 1.97 bits per heavy atom. The van der Waals surface area contributed by atoms with E-state index in [4.69, 9.17) is 11.6 Å². The van der Waals surface area contributed by atoms with Crippen molar-refractivity contribution in [2.75, 3.05) is 17.8 Å². The van der Waals surface area contributed by atoms with Crippen molar-refractivity contribution >= 4 is 55.9 Å².